The van der Waals surface area contributed by atoms with Crippen LogP contribution < -0.4 is 5.43 Å². The second-order valence-corrected chi connectivity index (χ2v) is 8.47. The highest BCUT2D eigenvalue weighted by Crippen LogP contribution is 2.26. The van der Waals surface area contributed by atoms with E-state index in [0.717, 1.165) is 16.7 Å². The monoisotopic (exact) mass is 460 g/mol. The zero-order valence-corrected chi connectivity index (χ0v) is 16.6. The molecule has 2 aromatic carbocycles. The van der Waals surface area contributed by atoms with Gasteiger partial charge in [-0.05, 0) is 30.3 Å². The van der Waals surface area contributed by atoms with Crippen molar-refractivity contribution in [3.05, 3.63) is 94.0 Å². The number of sulfone groups is 1. The summed E-state index contributed by atoms with van der Waals surface area (Å²) in [5.41, 5.74) is -2.95. The Bertz CT molecular complexity index is 1570. The molecule has 162 valence electrons. The van der Waals surface area contributed by atoms with Crippen molar-refractivity contribution < 1.29 is 31.5 Å². The predicted molar refractivity (Wildman–Crippen MR) is 106 cm³/mol. The maximum Gasteiger partial charge on any atom is 0.341 e. The molecule has 2 aromatic heterocycles. The van der Waals surface area contributed by atoms with Crippen molar-refractivity contribution in [2.45, 2.75) is 9.92 Å². The Morgan fingerprint density at radius 2 is 1.66 bits per heavy atom. The molecule has 4 rings (SSSR count). The third-order valence-corrected chi connectivity index (χ3v) is 6.30. The molecule has 0 bridgehead atoms. The zero-order chi connectivity index (χ0) is 23.2. The molecule has 0 saturated carbocycles. The molecule has 0 atom stereocenters. The summed E-state index contributed by atoms with van der Waals surface area (Å²) in [4.78, 5) is 27.6. The molecule has 1 N–H and O–H groups in total. The Labute approximate surface area is 177 Å². The minimum atomic E-state index is -4.49. The van der Waals surface area contributed by atoms with Crippen LogP contribution in [0.2, 0.25) is 0 Å². The van der Waals surface area contributed by atoms with Crippen molar-refractivity contribution in [1.29, 1.82) is 0 Å². The van der Waals surface area contributed by atoms with Gasteiger partial charge in [0, 0.05) is 12.3 Å². The van der Waals surface area contributed by atoms with Crippen molar-refractivity contribution >= 4 is 26.8 Å². The summed E-state index contributed by atoms with van der Waals surface area (Å²) in [6.07, 6.45) is 0.715. The summed E-state index contributed by atoms with van der Waals surface area (Å²) < 4.78 is 69.2. The fraction of sp³-hybridized carbons (Fsp3) is 0. The Balaban J connectivity index is 2.13. The van der Waals surface area contributed by atoms with Crippen LogP contribution in [0.15, 0.2) is 75.5 Å². The molecule has 0 aliphatic rings. The van der Waals surface area contributed by atoms with E-state index in [-0.39, 0.29) is 4.90 Å². The van der Waals surface area contributed by atoms with E-state index in [1.807, 2.05) is 0 Å². The van der Waals surface area contributed by atoms with E-state index in [0.29, 0.717) is 18.3 Å². The number of aromatic carboxylic acids is 1. The summed E-state index contributed by atoms with van der Waals surface area (Å²) in [6.45, 7) is 0. The van der Waals surface area contributed by atoms with Gasteiger partial charge in [-0.3, -0.25) is 9.36 Å². The van der Waals surface area contributed by atoms with Gasteiger partial charge < -0.3 is 5.11 Å². The molecule has 0 aliphatic carbocycles. The average molecular weight is 460 g/mol. The van der Waals surface area contributed by atoms with E-state index in [1.165, 1.54) is 24.3 Å². The lowest BCUT2D eigenvalue weighted by molar-refractivity contribution is 0.0695. The lowest BCUT2D eigenvalue weighted by atomic mass is 10.1. The van der Waals surface area contributed by atoms with E-state index < -0.39 is 66.0 Å². The first-order chi connectivity index (χ1) is 15.1. The van der Waals surface area contributed by atoms with Crippen LogP contribution in [0.1, 0.15) is 10.4 Å². The predicted octanol–water partition coefficient (Wildman–Crippen LogP) is 3.33. The van der Waals surface area contributed by atoms with Gasteiger partial charge in [0.25, 0.3) is 0 Å². The first kappa shape index (κ1) is 21.2. The molecule has 0 amide bonds. The van der Waals surface area contributed by atoms with Crippen LogP contribution >= 0.6 is 0 Å². The van der Waals surface area contributed by atoms with Crippen LogP contribution in [-0.2, 0) is 9.84 Å². The van der Waals surface area contributed by atoms with Crippen molar-refractivity contribution in [2.24, 2.45) is 0 Å². The van der Waals surface area contributed by atoms with Crippen molar-refractivity contribution in [3.8, 4) is 5.69 Å². The van der Waals surface area contributed by atoms with Gasteiger partial charge in [-0.25, -0.2) is 31.4 Å². The van der Waals surface area contributed by atoms with E-state index in [1.54, 1.807) is 6.07 Å². The number of pyridine rings is 2. The number of halogens is 3. The smallest absolute Gasteiger partial charge is 0.341 e. The highest BCUT2D eigenvalue weighted by atomic mass is 32.2. The number of carboxylic acids is 1. The molecule has 0 fully saturated rings. The van der Waals surface area contributed by atoms with Gasteiger partial charge in [-0.1, -0.05) is 18.2 Å². The first-order valence-electron chi connectivity index (χ1n) is 8.86. The van der Waals surface area contributed by atoms with Crippen LogP contribution in [0.4, 0.5) is 13.2 Å². The molecule has 2 heterocycles. The molecule has 4 aromatic rings. The van der Waals surface area contributed by atoms with E-state index in [9.17, 15) is 36.3 Å². The van der Waals surface area contributed by atoms with Crippen LogP contribution in [0.3, 0.4) is 0 Å². The SMILES string of the molecule is O=C(O)c1cn(-c2ccc(F)cc2F)c2nc(S(=O)(=O)c3ccccc3)c(F)cc2c1=O. The summed E-state index contributed by atoms with van der Waals surface area (Å²) in [6, 6.07) is 9.64. The molecular weight excluding hydrogens is 449 g/mol. The number of carbonyl (C=O) groups is 1. The highest BCUT2D eigenvalue weighted by molar-refractivity contribution is 7.91. The summed E-state index contributed by atoms with van der Waals surface area (Å²) in [5.74, 6) is -5.16. The number of aromatic nitrogens is 2. The maximum atomic E-state index is 14.8. The Morgan fingerprint density at radius 3 is 2.28 bits per heavy atom. The molecule has 0 saturated heterocycles. The number of hydrogen-bond donors (Lipinski definition) is 1. The van der Waals surface area contributed by atoms with Gasteiger partial charge in [0.05, 0.1) is 16.0 Å². The molecule has 0 radical (unpaired) electrons. The van der Waals surface area contributed by atoms with Gasteiger partial charge in [0.1, 0.15) is 22.8 Å². The zero-order valence-electron chi connectivity index (χ0n) is 15.8. The number of fused-ring (bicyclic) bond motifs is 1. The number of hydrogen-bond acceptors (Lipinski definition) is 5. The minimum absolute atomic E-state index is 0.283. The Kier molecular flexibility index (Phi) is 5.05. The fourth-order valence-electron chi connectivity index (χ4n) is 3.12. The summed E-state index contributed by atoms with van der Waals surface area (Å²) in [5, 5.41) is 7.69. The van der Waals surface area contributed by atoms with Gasteiger partial charge in [-0.15, -0.1) is 0 Å². The summed E-state index contributed by atoms with van der Waals surface area (Å²) >= 11 is 0. The van der Waals surface area contributed by atoms with E-state index in [2.05, 4.69) is 4.98 Å². The molecule has 0 spiro atoms. The highest BCUT2D eigenvalue weighted by Gasteiger charge is 2.27. The second-order valence-electron chi connectivity index (χ2n) is 6.61. The molecule has 11 heteroatoms. The van der Waals surface area contributed by atoms with Gasteiger partial charge in [0.15, 0.2) is 10.8 Å². The van der Waals surface area contributed by atoms with Crippen LogP contribution in [0.25, 0.3) is 16.7 Å². The lowest BCUT2D eigenvalue weighted by Gasteiger charge is -2.14. The van der Waals surface area contributed by atoms with E-state index in [4.69, 9.17) is 0 Å². The minimum Gasteiger partial charge on any atom is -0.477 e. The lowest BCUT2D eigenvalue weighted by Crippen LogP contribution is -2.21. The van der Waals surface area contributed by atoms with Crippen LogP contribution in [0, 0.1) is 17.5 Å². The van der Waals surface area contributed by atoms with Crippen molar-refractivity contribution in [2.75, 3.05) is 0 Å². The summed E-state index contributed by atoms with van der Waals surface area (Å²) in [7, 11) is -4.49. The average Bonchev–Trinajstić information content (AvgIpc) is 2.75. The molecule has 0 aliphatic heterocycles. The molecular formula is C21H11F3N2O5S. The molecule has 0 unspecified atom stereocenters. The topological polar surface area (TPSA) is 106 Å². The Morgan fingerprint density at radius 1 is 0.969 bits per heavy atom. The fourth-order valence-corrected chi connectivity index (χ4v) is 4.38. The van der Waals surface area contributed by atoms with Crippen LogP contribution in [-0.4, -0.2) is 29.0 Å². The van der Waals surface area contributed by atoms with Gasteiger partial charge >= 0.3 is 5.97 Å². The number of nitrogens with zero attached hydrogens (tertiary/aromatic N) is 2. The van der Waals surface area contributed by atoms with E-state index >= 15 is 0 Å². The number of rotatable bonds is 4. The largest absolute Gasteiger partial charge is 0.477 e. The maximum absolute atomic E-state index is 14.8. The van der Waals surface area contributed by atoms with Gasteiger partial charge in [-0.2, -0.15) is 0 Å². The molecule has 32 heavy (non-hydrogen) atoms. The standard InChI is InChI=1S/C21H11F3N2O5S/c22-11-6-7-17(15(23)8-11)26-10-14(21(28)29)18(27)13-9-16(24)20(25-19(13)26)32(30,31)12-4-2-1-3-5-12/h1-10H,(H,28,29). The van der Waals surface area contributed by atoms with Crippen LogP contribution in [0.5, 0.6) is 0 Å². The Hall–Kier alpha value is -3.99. The van der Waals surface area contributed by atoms with Crippen molar-refractivity contribution in [3.63, 3.8) is 0 Å². The second kappa shape index (κ2) is 7.61. The van der Waals surface area contributed by atoms with Crippen molar-refractivity contribution in [1.82, 2.24) is 9.55 Å². The number of carboxylic acid groups (broad SMARTS) is 1. The quantitative estimate of drug-likeness (QED) is 0.501. The first-order valence-corrected chi connectivity index (χ1v) is 10.3. The third kappa shape index (κ3) is 3.42. The number of benzene rings is 2. The molecule has 7 nitrogen and oxygen atoms in total. The van der Waals surface area contributed by atoms with Gasteiger partial charge in [0.2, 0.25) is 15.3 Å². The third-order valence-electron chi connectivity index (χ3n) is 4.61. The normalized spacial score (nSPS) is 11.6.